The van der Waals surface area contributed by atoms with Crippen LogP contribution in [-0.2, 0) is 17.7 Å². The molecule has 6 heteroatoms. The van der Waals surface area contributed by atoms with Gasteiger partial charge in [0.05, 0.1) is 11.8 Å². The quantitative estimate of drug-likeness (QED) is 0.686. The maximum atomic E-state index is 5.96. The predicted octanol–water partition coefficient (Wildman–Crippen LogP) is 4.29. The summed E-state index contributed by atoms with van der Waals surface area (Å²) in [7, 11) is 2.18. The van der Waals surface area contributed by atoms with Crippen molar-refractivity contribution in [1.82, 2.24) is 19.9 Å². The molecule has 1 N–H and O–H groups in total. The predicted molar refractivity (Wildman–Crippen MR) is 110 cm³/mol. The van der Waals surface area contributed by atoms with Gasteiger partial charge >= 0.3 is 0 Å². The van der Waals surface area contributed by atoms with Crippen LogP contribution in [0.5, 0.6) is 0 Å². The summed E-state index contributed by atoms with van der Waals surface area (Å²) in [6.07, 6.45) is 7.01. The van der Waals surface area contributed by atoms with E-state index in [-0.39, 0.29) is 18.5 Å². The first-order valence-corrected chi connectivity index (χ1v) is 9.39. The minimum Gasteiger partial charge on any atom is -0.372 e. The first-order chi connectivity index (χ1) is 12.7. The molecule has 2 atom stereocenters. The molecule has 1 aliphatic rings. The zero-order chi connectivity index (χ0) is 17.9. The Balaban J connectivity index is 0.00000210. The van der Waals surface area contributed by atoms with E-state index in [9.17, 15) is 0 Å². The molecule has 1 unspecified atom stereocenters. The summed E-state index contributed by atoms with van der Waals surface area (Å²) in [5, 5.41) is 1.20. The van der Waals surface area contributed by atoms with Crippen molar-refractivity contribution in [2.24, 2.45) is 0 Å². The number of aromatic nitrogens is 3. The molecule has 0 spiro atoms. The maximum Gasteiger partial charge on any atom is 0.137 e. The number of likely N-dealkylation sites (N-methyl/N-ethyl adjacent to an activating group) is 1. The highest BCUT2D eigenvalue weighted by molar-refractivity contribution is 5.85. The summed E-state index contributed by atoms with van der Waals surface area (Å²) in [5.74, 6) is 0. The molecule has 0 aliphatic carbocycles. The Kier molecular flexibility index (Phi) is 6.47. The topological polar surface area (TPSA) is 54.0 Å². The van der Waals surface area contributed by atoms with E-state index in [0.29, 0.717) is 6.04 Å². The van der Waals surface area contributed by atoms with Crippen LogP contribution in [0.4, 0.5) is 0 Å². The number of pyridine rings is 2. The highest BCUT2D eigenvalue weighted by Gasteiger charge is 2.25. The third-order valence-electron chi connectivity index (χ3n) is 5.35. The van der Waals surface area contributed by atoms with Crippen LogP contribution in [0.1, 0.15) is 42.8 Å². The van der Waals surface area contributed by atoms with Crippen molar-refractivity contribution >= 4 is 23.4 Å². The van der Waals surface area contributed by atoms with Crippen molar-refractivity contribution in [3.8, 4) is 0 Å². The van der Waals surface area contributed by atoms with E-state index in [4.69, 9.17) is 4.74 Å². The summed E-state index contributed by atoms with van der Waals surface area (Å²) >= 11 is 0. The lowest BCUT2D eigenvalue weighted by atomic mass is 10.0. The van der Waals surface area contributed by atoms with Gasteiger partial charge in [0, 0.05) is 49.1 Å². The molecule has 0 bridgehead atoms. The minimum atomic E-state index is 0. The number of H-pyrrole nitrogens is 1. The van der Waals surface area contributed by atoms with Crippen LogP contribution in [0.15, 0.2) is 42.7 Å². The molecule has 144 valence electrons. The average molecular weight is 387 g/mol. The Labute approximate surface area is 166 Å². The average Bonchev–Trinajstić information content (AvgIpc) is 3.31. The molecule has 5 nitrogen and oxygen atoms in total. The van der Waals surface area contributed by atoms with Gasteiger partial charge in [-0.1, -0.05) is 6.07 Å². The summed E-state index contributed by atoms with van der Waals surface area (Å²) < 4.78 is 5.96. The molecule has 0 saturated carbocycles. The monoisotopic (exact) mass is 386 g/mol. The van der Waals surface area contributed by atoms with Gasteiger partial charge in [0.15, 0.2) is 0 Å². The molecular weight excluding hydrogens is 360 g/mol. The van der Waals surface area contributed by atoms with Gasteiger partial charge in [-0.3, -0.25) is 9.88 Å². The van der Waals surface area contributed by atoms with Gasteiger partial charge in [0.2, 0.25) is 0 Å². The molecule has 3 aromatic rings. The molecule has 0 aromatic carbocycles. The fourth-order valence-electron chi connectivity index (χ4n) is 3.73. The third-order valence-corrected chi connectivity index (χ3v) is 5.35. The minimum absolute atomic E-state index is 0. The van der Waals surface area contributed by atoms with E-state index in [0.717, 1.165) is 43.8 Å². The van der Waals surface area contributed by atoms with Gasteiger partial charge in [0.1, 0.15) is 5.65 Å². The lowest BCUT2D eigenvalue weighted by molar-refractivity contribution is 0.107. The number of halogens is 1. The number of rotatable bonds is 6. The number of aromatic amines is 1. The van der Waals surface area contributed by atoms with Crippen LogP contribution < -0.4 is 0 Å². The molecule has 1 aliphatic heterocycles. The molecule has 0 amide bonds. The second-order valence-electron chi connectivity index (χ2n) is 7.21. The number of nitrogens with zero attached hydrogens (tertiary/aromatic N) is 3. The first-order valence-electron chi connectivity index (χ1n) is 9.39. The number of hydrogen-bond donors (Lipinski definition) is 1. The van der Waals surface area contributed by atoms with Crippen LogP contribution in [-0.4, -0.2) is 39.5 Å². The molecule has 27 heavy (non-hydrogen) atoms. The summed E-state index contributed by atoms with van der Waals surface area (Å²) in [5.41, 5.74) is 4.61. The highest BCUT2D eigenvalue weighted by atomic mass is 35.5. The molecule has 0 radical (unpaired) electrons. The Bertz CT molecular complexity index is 861. The molecular formula is C21H27ClN4O. The van der Waals surface area contributed by atoms with Crippen LogP contribution in [0.2, 0.25) is 0 Å². The van der Waals surface area contributed by atoms with Crippen LogP contribution in [0.3, 0.4) is 0 Å². The third kappa shape index (κ3) is 4.32. The second-order valence-corrected chi connectivity index (χ2v) is 7.21. The molecule has 1 fully saturated rings. The Morgan fingerprint density at radius 3 is 2.81 bits per heavy atom. The Morgan fingerprint density at radius 1 is 1.22 bits per heavy atom. The fourth-order valence-corrected chi connectivity index (χ4v) is 3.73. The molecule has 4 heterocycles. The summed E-state index contributed by atoms with van der Waals surface area (Å²) in [6.45, 7) is 3.97. The van der Waals surface area contributed by atoms with E-state index >= 15 is 0 Å². The van der Waals surface area contributed by atoms with Crippen molar-refractivity contribution in [2.45, 2.75) is 44.9 Å². The van der Waals surface area contributed by atoms with Gasteiger partial charge in [-0.2, -0.15) is 0 Å². The maximum absolute atomic E-state index is 5.96. The zero-order valence-corrected chi connectivity index (χ0v) is 16.7. The molecule has 3 aromatic heterocycles. The molecule has 1 saturated heterocycles. The van der Waals surface area contributed by atoms with Crippen LogP contribution in [0, 0.1) is 0 Å². The van der Waals surface area contributed by atoms with E-state index in [2.05, 4.69) is 52.0 Å². The number of ether oxygens (including phenoxy) is 1. The van der Waals surface area contributed by atoms with Gasteiger partial charge in [-0.15, -0.1) is 12.4 Å². The highest BCUT2D eigenvalue weighted by Crippen LogP contribution is 2.34. The van der Waals surface area contributed by atoms with Crippen LogP contribution in [0.25, 0.3) is 11.0 Å². The van der Waals surface area contributed by atoms with E-state index in [1.54, 1.807) is 0 Å². The van der Waals surface area contributed by atoms with Crippen molar-refractivity contribution in [3.63, 3.8) is 0 Å². The normalized spacial score (nSPS) is 18.0. The summed E-state index contributed by atoms with van der Waals surface area (Å²) in [4.78, 5) is 14.9. The van der Waals surface area contributed by atoms with Gasteiger partial charge in [-0.05, 0) is 56.6 Å². The first kappa shape index (κ1) is 19.8. The lowest BCUT2D eigenvalue weighted by Gasteiger charge is -2.25. The number of hydrogen-bond acceptors (Lipinski definition) is 4. The van der Waals surface area contributed by atoms with Gasteiger partial charge in [0.25, 0.3) is 0 Å². The second kappa shape index (κ2) is 8.83. The standard InChI is InChI=1S/C21H26N4O.ClH/c1-15(13-16-7-3-4-10-22-16)25(2)14-18-17-8-5-11-23-21(17)24-20(18)19-9-6-12-26-19;/h3-5,7-8,10-11,15,19H,6,9,12-14H2,1-2H3,(H,23,24);1H/t15?,19-;/m0./s1. The smallest absolute Gasteiger partial charge is 0.137 e. The Morgan fingerprint density at radius 2 is 2.07 bits per heavy atom. The van der Waals surface area contributed by atoms with Crippen molar-refractivity contribution in [3.05, 3.63) is 59.7 Å². The largest absolute Gasteiger partial charge is 0.372 e. The van der Waals surface area contributed by atoms with Crippen molar-refractivity contribution in [1.29, 1.82) is 0 Å². The van der Waals surface area contributed by atoms with Gasteiger partial charge in [-0.25, -0.2) is 4.98 Å². The van der Waals surface area contributed by atoms with Crippen molar-refractivity contribution < 1.29 is 4.74 Å². The van der Waals surface area contributed by atoms with Crippen molar-refractivity contribution in [2.75, 3.05) is 13.7 Å². The zero-order valence-electron chi connectivity index (χ0n) is 15.9. The van der Waals surface area contributed by atoms with E-state index in [1.165, 1.54) is 16.6 Å². The van der Waals surface area contributed by atoms with E-state index < -0.39 is 0 Å². The van der Waals surface area contributed by atoms with Gasteiger partial charge < -0.3 is 9.72 Å². The molecule has 4 rings (SSSR count). The van der Waals surface area contributed by atoms with Crippen LogP contribution >= 0.6 is 12.4 Å². The Hall–Kier alpha value is -1.95. The summed E-state index contributed by atoms with van der Waals surface area (Å²) in [6, 6.07) is 10.7. The SMILES string of the molecule is CC(Cc1ccccn1)N(C)Cc1c([C@@H]2CCCO2)[nH]c2ncccc12.Cl. The lowest BCUT2D eigenvalue weighted by Crippen LogP contribution is -2.31. The number of nitrogens with one attached hydrogen (secondary N) is 1. The fraction of sp³-hybridized carbons (Fsp3) is 0.429. The van der Waals surface area contributed by atoms with E-state index in [1.807, 2.05) is 24.5 Å². The number of fused-ring (bicyclic) bond motifs is 1.